The second kappa shape index (κ2) is 6.71. The van der Waals surface area contributed by atoms with Crippen molar-refractivity contribution in [1.82, 2.24) is 4.90 Å². The molecule has 0 saturated carbocycles. The Kier molecular flexibility index (Phi) is 4.93. The first-order chi connectivity index (χ1) is 10.5. The van der Waals surface area contributed by atoms with Crippen LogP contribution in [0.1, 0.15) is 25.5 Å². The lowest BCUT2D eigenvalue weighted by molar-refractivity contribution is 0.0980. The molecule has 7 heteroatoms. The van der Waals surface area contributed by atoms with Crippen molar-refractivity contribution in [3.05, 3.63) is 34.3 Å². The first-order valence-corrected chi connectivity index (χ1v) is 7.49. The van der Waals surface area contributed by atoms with Crippen molar-refractivity contribution >= 4 is 33.8 Å². The van der Waals surface area contributed by atoms with E-state index in [0.717, 1.165) is 4.90 Å². The summed E-state index contributed by atoms with van der Waals surface area (Å²) in [5.41, 5.74) is 1.04. The highest BCUT2D eigenvalue weighted by Gasteiger charge is 2.43. The smallest absolute Gasteiger partial charge is 0.418 e. The quantitative estimate of drug-likeness (QED) is 0.801. The van der Waals surface area contributed by atoms with Crippen LogP contribution >= 0.6 is 15.9 Å². The van der Waals surface area contributed by atoms with E-state index in [2.05, 4.69) is 27.0 Å². The lowest BCUT2D eigenvalue weighted by Gasteiger charge is -2.34. The molecule has 0 aliphatic carbocycles. The number of rotatable bonds is 2. The molecule has 1 heterocycles. The lowest BCUT2D eigenvalue weighted by Crippen LogP contribution is -2.47. The predicted octanol–water partition coefficient (Wildman–Crippen LogP) is 3.68. The first-order valence-electron chi connectivity index (χ1n) is 6.70. The zero-order chi connectivity index (χ0) is 16.3. The second-order valence-corrected chi connectivity index (χ2v) is 5.53. The van der Waals surface area contributed by atoms with Crippen LogP contribution in [0.2, 0.25) is 0 Å². The number of hydrogen-bond donors (Lipinski definition) is 0. The van der Waals surface area contributed by atoms with E-state index in [4.69, 9.17) is 4.74 Å². The van der Waals surface area contributed by atoms with E-state index in [1.165, 1.54) is 0 Å². The molecule has 0 saturated heterocycles. The van der Waals surface area contributed by atoms with Gasteiger partial charge in [-0.2, -0.15) is 5.26 Å². The lowest BCUT2D eigenvalue weighted by atomic mass is 9.88. The maximum atomic E-state index is 12.2. The van der Waals surface area contributed by atoms with Crippen LogP contribution in [0.25, 0.3) is 0 Å². The fraction of sp³-hybridized carbons (Fsp3) is 0.333. The molecule has 0 radical (unpaired) electrons. The number of halogens is 1. The number of nitriles is 1. The zero-order valence-electron chi connectivity index (χ0n) is 12.1. The summed E-state index contributed by atoms with van der Waals surface area (Å²) in [6.45, 7) is 3.39. The third-order valence-electron chi connectivity index (χ3n) is 3.35. The third-order valence-corrected chi connectivity index (χ3v) is 4.07. The largest absolute Gasteiger partial charge is 0.449 e. The van der Waals surface area contributed by atoms with Crippen molar-refractivity contribution in [3.8, 4) is 6.07 Å². The number of carbonyl (C=O) groups excluding carboxylic acids is 2. The molecule has 6 nitrogen and oxygen atoms in total. The highest BCUT2D eigenvalue weighted by molar-refractivity contribution is 9.10. The van der Waals surface area contributed by atoms with E-state index in [-0.39, 0.29) is 6.61 Å². The maximum Gasteiger partial charge on any atom is 0.418 e. The molecular weight excluding hydrogens is 350 g/mol. The summed E-state index contributed by atoms with van der Waals surface area (Å²) in [5, 5.41) is 9.46. The molecule has 1 aromatic carbocycles. The molecule has 3 amide bonds. The van der Waals surface area contributed by atoms with Gasteiger partial charge in [-0.05, 0) is 25.5 Å². The molecule has 2 atom stereocenters. The Morgan fingerprint density at radius 1 is 1.50 bits per heavy atom. The molecular formula is C15H14BrN3O3. The Morgan fingerprint density at radius 2 is 2.18 bits per heavy atom. The Hall–Kier alpha value is -2.20. The summed E-state index contributed by atoms with van der Waals surface area (Å²) >= 11 is 3.40. The molecule has 0 fully saturated rings. The van der Waals surface area contributed by atoms with E-state index in [0.29, 0.717) is 15.7 Å². The fourth-order valence-electron chi connectivity index (χ4n) is 2.35. The number of carbonyl (C=O) groups is 2. The number of ether oxygens (including phenoxy) is 1. The van der Waals surface area contributed by atoms with E-state index in [9.17, 15) is 14.9 Å². The Balaban J connectivity index is 2.58. The normalized spacial score (nSPS) is 21.1. The van der Waals surface area contributed by atoms with E-state index in [1.54, 1.807) is 32.0 Å². The first kappa shape index (κ1) is 16.2. The van der Waals surface area contributed by atoms with Gasteiger partial charge in [0.1, 0.15) is 5.92 Å². The van der Waals surface area contributed by atoms with Crippen molar-refractivity contribution in [2.24, 2.45) is 10.9 Å². The van der Waals surface area contributed by atoms with Crippen molar-refractivity contribution in [2.45, 2.75) is 19.9 Å². The van der Waals surface area contributed by atoms with Gasteiger partial charge in [-0.15, -0.1) is 0 Å². The summed E-state index contributed by atoms with van der Waals surface area (Å²) in [6, 6.07) is 7.78. The minimum atomic E-state index is -0.801. The molecule has 114 valence electrons. The Labute approximate surface area is 136 Å². The molecule has 2 unspecified atom stereocenters. The molecule has 0 bridgehead atoms. The summed E-state index contributed by atoms with van der Waals surface area (Å²) in [6.07, 6.45) is -0.801. The van der Waals surface area contributed by atoms with Gasteiger partial charge in [-0.3, -0.25) is 0 Å². The summed E-state index contributed by atoms with van der Waals surface area (Å²) in [4.78, 5) is 29.0. The van der Waals surface area contributed by atoms with Gasteiger partial charge in [0.15, 0.2) is 0 Å². The number of hydrogen-bond acceptors (Lipinski definition) is 4. The van der Waals surface area contributed by atoms with Crippen LogP contribution in [0.5, 0.6) is 0 Å². The predicted molar refractivity (Wildman–Crippen MR) is 83.4 cm³/mol. The molecule has 0 aromatic heterocycles. The topological polar surface area (TPSA) is 82.8 Å². The molecule has 1 aliphatic rings. The number of urea groups is 1. The maximum absolute atomic E-state index is 12.2. The Bertz CT molecular complexity index is 681. The molecule has 22 heavy (non-hydrogen) atoms. The molecule has 1 aliphatic heterocycles. The van der Waals surface area contributed by atoms with Gasteiger partial charge in [0.2, 0.25) is 0 Å². The summed E-state index contributed by atoms with van der Waals surface area (Å²) in [5.74, 6) is -0.721. The van der Waals surface area contributed by atoms with Gasteiger partial charge in [0, 0.05) is 10.2 Å². The van der Waals surface area contributed by atoms with Crippen LogP contribution in [-0.2, 0) is 4.74 Å². The highest BCUT2D eigenvalue weighted by atomic mass is 79.9. The molecule has 1 aromatic rings. The number of benzene rings is 1. The standard InChI is InChI=1S/C15H14BrN3O3/c1-3-22-15(21)19-13(10-6-4-5-7-12(10)16)11(8-17)9(2)18-14(19)20/h4-7,11,13H,3H2,1-2H3. The SMILES string of the molecule is CCOC(=O)N1C(=O)N=C(C)C(C#N)C1c1ccccc1Br. The Morgan fingerprint density at radius 3 is 2.77 bits per heavy atom. The minimum absolute atomic E-state index is 0.130. The monoisotopic (exact) mass is 363 g/mol. The van der Waals surface area contributed by atoms with E-state index < -0.39 is 24.1 Å². The van der Waals surface area contributed by atoms with Crippen molar-refractivity contribution in [3.63, 3.8) is 0 Å². The van der Waals surface area contributed by atoms with Crippen molar-refractivity contribution < 1.29 is 14.3 Å². The molecule has 2 rings (SSSR count). The van der Waals surface area contributed by atoms with E-state index in [1.807, 2.05) is 6.07 Å². The van der Waals surface area contributed by atoms with Crippen LogP contribution in [0.3, 0.4) is 0 Å². The fourth-order valence-corrected chi connectivity index (χ4v) is 2.87. The van der Waals surface area contributed by atoms with Crippen LogP contribution < -0.4 is 0 Å². The minimum Gasteiger partial charge on any atom is -0.449 e. The van der Waals surface area contributed by atoms with Gasteiger partial charge in [-0.25, -0.2) is 19.5 Å². The van der Waals surface area contributed by atoms with Crippen molar-refractivity contribution in [2.75, 3.05) is 6.61 Å². The van der Waals surface area contributed by atoms with Crippen LogP contribution in [0, 0.1) is 17.2 Å². The summed E-state index contributed by atoms with van der Waals surface area (Å²) in [7, 11) is 0. The average molecular weight is 364 g/mol. The zero-order valence-corrected chi connectivity index (χ0v) is 13.7. The van der Waals surface area contributed by atoms with Crippen LogP contribution in [-0.4, -0.2) is 29.3 Å². The average Bonchev–Trinajstić information content (AvgIpc) is 2.47. The number of nitrogens with zero attached hydrogens (tertiary/aromatic N) is 3. The molecule has 0 spiro atoms. The number of amides is 3. The number of imide groups is 1. The second-order valence-electron chi connectivity index (χ2n) is 4.68. The van der Waals surface area contributed by atoms with Gasteiger partial charge < -0.3 is 4.74 Å². The van der Waals surface area contributed by atoms with Crippen molar-refractivity contribution in [1.29, 1.82) is 5.26 Å². The summed E-state index contributed by atoms with van der Waals surface area (Å²) < 4.78 is 5.65. The van der Waals surface area contributed by atoms with Crippen LogP contribution in [0.4, 0.5) is 9.59 Å². The molecule has 0 N–H and O–H groups in total. The van der Waals surface area contributed by atoms with Gasteiger partial charge in [0.25, 0.3) is 0 Å². The van der Waals surface area contributed by atoms with Crippen LogP contribution in [0.15, 0.2) is 33.7 Å². The van der Waals surface area contributed by atoms with E-state index >= 15 is 0 Å². The number of aliphatic imine (C=N–C) groups is 1. The van der Waals surface area contributed by atoms with Gasteiger partial charge in [-0.1, -0.05) is 34.1 Å². The highest BCUT2D eigenvalue weighted by Crippen LogP contribution is 2.37. The van der Waals surface area contributed by atoms with Gasteiger partial charge in [0.05, 0.1) is 18.7 Å². The van der Waals surface area contributed by atoms with Gasteiger partial charge >= 0.3 is 12.1 Å². The third kappa shape index (κ3) is 2.88.